The van der Waals surface area contributed by atoms with Crippen LogP contribution >= 0.6 is 0 Å². The molecule has 1 aliphatic heterocycles. The van der Waals surface area contributed by atoms with E-state index in [9.17, 15) is 13.2 Å². The van der Waals surface area contributed by atoms with Crippen molar-refractivity contribution in [3.8, 4) is 11.5 Å². The standard InChI is InChI=1S/C22H25F3N4O2/c1-4-31-18-6-5-15(10-19(18)30-3)12-28-8-7-16(13-28)17-11-21-26-14(2)9-20(22(23,24)25)29(21)27-17/h5-6,9-11,16H,4,7-8,12-13H2,1-3H3/t16-/m0/s1. The van der Waals surface area contributed by atoms with Crippen LogP contribution in [0.1, 0.15) is 41.9 Å². The Labute approximate surface area is 178 Å². The van der Waals surface area contributed by atoms with Crippen LogP contribution in [0.2, 0.25) is 0 Å². The van der Waals surface area contributed by atoms with E-state index in [1.807, 2.05) is 25.1 Å². The fourth-order valence-corrected chi connectivity index (χ4v) is 4.08. The average molecular weight is 434 g/mol. The first kappa shape index (κ1) is 21.4. The minimum atomic E-state index is -4.48. The molecule has 4 rings (SSSR count). The Balaban J connectivity index is 1.51. The molecule has 9 heteroatoms. The minimum Gasteiger partial charge on any atom is -0.493 e. The number of fused-ring (bicyclic) bond motifs is 1. The van der Waals surface area contributed by atoms with Crippen molar-refractivity contribution >= 4 is 5.65 Å². The summed E-state index contributed by atoms with van der Waals surface area (Å²) >= 11 is 0. The number of ether oxygens (including phenoxy) is 2. The number of benzene rings is 1. The van der Waals surface area contributed by atoms with Crippen molar-refractivity contribution in [1.29, 1.82) is 0 Å². The second kappa shape index (κ2) is 8.37. The SMILES string of the molecule is CCOc1ccc(CN2CC[C@H](c3cc4nc(C)cc(C(F)(F)F)n4n3)C2)cc1OC. The molecular formula is C22H25F3N4O2. The highest BCUT2D eigenvalue weighted by Gasteiger charge is 2.35. The van der Waals surface area contributed by atoms with E-state index in [4.69, 9.17) is 9.47 Å². The normalized spacial score (nSPS) is 17.4. The molecule has 1 aromatic carbocycles. The van der Waals surface area contributed by atoms with Crippen molar-refractivity contribution in [2.45, 2.75) is 38.9 Å². The number of hydrogen-bond acceptors (Lipinski definition) is 5. The van der Waals surface area contributed by atoms with Gasteiger partial charge in [-0.3, -0.25) is 4.90 Å². The molecule has 1 atom stereocenters. The molecule has 6 nitrogen and oxygen atoms in total. The van der Waals surface area contributed by atoms with Crippen LogP contribution in [0.3, 0.4) is 0 Å². The zero-order valence-electron chi connectivity index (χ0n) is 17.7. The molecule has 1 fully saturated rings. The molecule has 3 heterocycles. The fourth-order valence-electron chi connectivity index (χ4n) is 4.08. The molecule has 0 saturated carbocycles. The van der Waals surface area contributed by atoms with E-state index in [2.05, 4.69) is 15.0 Å². The number of nitrogens with zero attached hydrogens (tertiary/aromatic N) is 4. The Bertz CT molecular complexity index is 1080. The summed E-state index contributed by atoms with van der Waals surface area (Å²) in [5, 5.41) is 4.27. The lowest BCUT2D eigenvalue weighted by molar-refractivity contribution is -0.142. The second-order valence-electron chi connectivity index (χ2n) is 7.76. The van der Waals surface area contributed by atoms with Gasteiger partial charge in [0.15, 0.2) is 17.1 Å². The van der Waals surface area contributed by atoms with Crippen LogP contribution in [0, 0.1) is 6.92 Å². The van der Waals surface area contributed by atoms with Gasteiger partial charge in [0.1, 0.15) is 5.69 Å². The van der Waals surface area contributed by atoms with E-state index in [0.29, 0.717) is 29.5 Å². The average Bonchev–Trinajstić information content (AvgIpc) is 3.34. The van der Waals surface area contributed by atoms with Gasteiger partial charge in [-0.05, 0) is 50.6 Å². The van der Waals surface area contributed by atoms with Crippen LogP contribution in [0.15, 0.2) is 30.3 Å². The summed E-state index contributed by atoms with van der Waals surface area (Å²) in [5.74, 6) is 1.46. The lowest BCUT2D eigenvalue weighted by Gasteiger charge is -2.17. The number of rotatable bonds is 6. The first-order valence-corrected chi connectivity index (χ1v) is 10.2. The Morgan fingerprint density at radius 2 is 1.97 bits per heavy atom. The number of aryl methyl sites for hydroxylation is 1. The first-order chi connectivity index (χ1) is 14.8. The fraction of sp³-hybridized carbons (Fsp3) is 0.455. The van der Waals surface area contributed by atoms with Gasteiger partial charge in [0, 0.05) is 30.8 Å². The van der Waals surface area contributed by atoms with Crippen molar-refractivity contribution < 1.29 is 22.6 Å². The van der Waals surface area contributed by atoms with Gasteiger partial charge in [0.05, 0.1) is 19.4 Å². The summed E-state index contributed by atoms with van der Waals surface area (Å²) < 4.78 is 52.1. The van der Waals surface area contributed by atoms with Gasteiger partial charge in [0.2, 0.25) is 0 Å². The molecule has 0 spiro atoms. The Hall–Kier alpha value is -2.81. The number of halogens is 3. The molecular weight excluding hydrogens is 409 g/mol. The van der Waals surface area contributed by atoms with Gasteiger partial charge in [-0.25, -0.2) is 9.50 Å². The highest BCUT2D eigenvalue weighted by Crippen LogP contribution is 2.33. The maximum Gasteiger partial charge on any atom is 0.433 e. The third-order valence-electron chi connectivity index (χ3n) is 5.49. The van der Waals surface area contributed by atoms with E-state index in [0.717, 1.165) is 42.2 Å². The predicted molar refractivity (Wildman–Crippen MR) is 110 cm³/mol. The van der Waals surface area contributed by atoms with Gasteiger partial charge < -0.3 is 9.47 Å². The minimum absolute atomic E-state index is 0.0627. The summed E-state index contributed by atoms with van der Waals surface area (Å²) in [4.78, 5) is 6.50. The third kappa shape index (κ3) is 4.46. The molecule has 0 amide bonds. The molecule has 0 radical (unpaired) electrons. The van der Waals surface area contributed by atoms with E-state index in [1.165, 1.54) is 0 Å². The van der Waals surface area contributed by atoms with E-state index in [1.54, 1.807) is 20.1 Å². The summed E-state index contributed by atoms with van der Waals surface area (Å²) in [6.45, 7) is 6.33. The van der Waals surface area contributed by atoms with Crippen LogP contribution in [-0.2, 0) is 12.7 Å². The Morgan fingerprint density at radius 1 is 1.16 bits per heavy atom. The number of aromatic nitrogens is 3. The number of methoxy groups -OCH3 is 1. The van der Waals surface area contributed by atoms with Crippen molar-refractivity contribution in [3.63, 3.8) is 0 Å². The monoisotopic (exact) mass is 434 g/mol. The van der Waals surface area contributed by atoms with Crippen LogP contribution in [-0.4, -0.2) is 46.3 Å². The molecule has 0 N–H and O–H groups in total. The van der Waals surface area contributed by atoms with Gasteiger partial charge >= 0.3 is 6.18 Å². The first-order valence-electron chi connectivity index (χ1n) is 10.2. The van der Waals surface area contributed by atoms with Gasteiger partial charge in [0.25, 0.3) is 0 Å². The maximum atomic E-state index is 13.4. The molecule has 3 aromatic rings. The summed E-state index contributed by atoms with van der Waals surface area (Å²) in [6.07, 6.45) is -3.65. The molecule has 166 valence electrons. The largest absolute Gasteiger partial charge is 0.493 e. The lowest BCUT2D eigenvalue weighted by Crippen LogP contribution is -2.20. The molecule has 31 heavy (non-hydrogen) atoms. The molecule has 1 saturated heterocycles. The molecule has 0 unspecified atom stereocenters. The van der Waals surface area contributed by atoms with Gasteiger partial charge in [-0.2, -0.15) is 18.3 Å². The Kier molecular flexibility index (Phi) is 5.79. The van der Waals surface area contributed by atoms with Crippen molar-refractivity contribution in [2.24, 2.45) is 0 Å². The van der Waals surface area contributed by atoms with E-state index < -0.39 is 11.9 Å². The zero-order valence-corrected chi connectivity index (χ0v) is 17.7. The van der Waals surface area contributed by atoms with Crippen LogP contribution in [0.25, 0.3) is 5.65 Å². The van der Waals surface area contributed by atoms with Crippen LogP contribution in [0.4, 0.5) is 13.2 Å². The molecule has 0 aliphatic carbocycles. The van der Waals surface area contributed by atoms with E-state index in [-0.39, 0.29) is 11.6 Å². The van der Waals surface area contributed by atoms with Gasteiger partial charge in [-0.15, -0.1) is 0 Å². The number of likely N-dealkylation sites (tertiary alicyclic amines) is 1. The van der Waals surface area contributed by atoms with Crippen molar-refractivity contribution in [3.05, 3.63) is 53.0 Å². The maximum absolute atomic E-state index is 13.4. The predicted octanol–water partition coefficient (Wildman–Crippen LogP) is 4.45. The molecule has 1 aliphatic rings. The Morgan fingerprint density at radius 3 is 2.68 bits per heavy atom. The summed E-state index contributed by atoms with van der Waals surface area (Å²) in [7, 11) is 1.61. The van der Waals surface area contributed by atoms with Crippen molar-refractivity contribution in [1.82, 2.24) is 19.5 Å². The topological polar surface area (TPSA) is 51.9 Å². The van der Waals surface area contributed by atoms with Gasteiger partial charge in [-0.1, -0.05) is 6.07 Å². The van der Waals surface area contributed by atoms with Crippen LogP contribution in [0.5, 0.6) is 11.5 Å². The van der Waals surface area contributed by atoms with Crippen molar-refractivity contribution in [2.75, 3.05) is 26.8 Å². The van der Waals surface area contributed by atoms with Crippen LogP contribution < -0.4 is 9.47 Å². The highest BCUT2D eigenvalue weighted by atomic mass is 19.4. The smallest absolute Gasteiger partial charge is 0.433 e. The molecule has 2 aromatic heterocycles. The van der Waals surface area contributed by atoms with E-state index >= 15 is 0 Å². The highest BCUT2D eigenvalue weighted by molar-refractivity contribution is 5.44. The molecule has 0 bridgehead atoms. The number of alkyl halides is 3. The summed E-state index contributed by atoms with van der Waals surface area (Å²) in [6, 6.07) is 8.58. The number of hydrogen-bond donors (Lipinski definition) is 0. The third-order valence-corrected chi connectivity index (χ3v) is 5.49. The lowest BCUT2D eigenvalue weighted by atomic mass is 10.1. The zero-order chi connectivity index (χ0) is 22.2. The second-order valence-corrected chi connectivity index (χ2v) is 7.76. The summed E-state index contributed by atoms with van der Waals surface area (Å²) in [5.41, 5.74) is 1.50. The quantitative estimate of drug-likeness (QED) is 0.574.